The molecule has 1 aliphatic heterocycles. The molecule has 9 heteroatoms. The first-order valence-electron chi connectivity index (χ1n) is 12.1. The Morgan fingerprint density at radius 2 is 2.11 bits per heavy atom. The quantitative estimate of drug-likeness (QED) is 0.566. The number of aromatic amines is 1. The van der Waals surface area contributed by atoms with Crippen LogP contribution in [0.15, 0.2) is 52.9 Å². The summed E-state index contributed by atoms with van der Waals surface area (Å²) >= 11 is 0. The number of hydrogen-bond donors (Lipinski definition) is 1. The number of nitrogens with zero attached hydrogens (tertiary/aromatic N) is 4. The van der Waals surface area contributed by atoms with Crippen LogP contribution in [0.1, 0.15) is 48.2 Å². The van der Waals surface area contributed by atoms with E-state index in [0.717, 1.165) is 34.3 Å². The van der Waals surface area contributed by atoms with Gasteiger partial charge in [0.05, 0.1) is 24.9 Å². The summed E-state index contributed by atoms with van der Waals surface area (Å²) in [6, 6.07) is 9.13. The molecule has 0 spiro atoms. The number of carbonyl (C=O) groups is 2. The van der Waals surface area contributed by atoms with Crippen molar-refractivity contribution in [2.75, 3.05) is 20.2 Å². The fraction of sp³-hybridized carbons (Fsp3) is 0.370. The van der Waals surface area contributed by atoms with Gasteiger partial charge in [0.15, 0.2) is 0 Å². The van der Waals surface area contributed by atoms with Crippen LogP contribution < -0.4 is 0 Å². The second-order valence-corrected chi connectivity index (χ2v) is 9.26. The van der Waals surface area contributed by atoms with Crippen molar-refractivity contribution in [1.82, 2.24) is 20.1 Å². The lowest BCUT2D eigenvalue weighted by Gasteiger charge is -2.31. The van der Waals surface area contributed by atoms with Crippen LogP contribution in [-0.2, 0) is 9.53 Å². The molecular formula is C27H28FN5O3. The predicted molar refractivity (Wildman–Crippen MR) is 134 cm³/mol. The summed E-state index contributed by atoms with van der Waals surface area (Å²) in [5, 5.41) is 8.25. The van der Waals surface area contributed by atoms with Crippen LogP contribution in [-0.4, -0.2) is 64.0 Å². The number of aromatic nitrogens is 3. The van der Waals surface area contributed by atoms with E-state index in [4.69, 9.17) is 4.74 Å². The molecule has 1 unspecified atom stereocenters. The van der Waals surface area contributed by atoms with Gasteiger partial charge in [-0.05, 0) is 56.5 Å². The molecule has 1 aromatic carbocycles. The molecule has 3 aromatic rings. The molecule has 1 saturated heterocycles. The van der Waals surface area contributed by atoms with Gasteiger partial charge in [-0.2, -0.15) is 5.10 Å². The van der Waals surface area contributed by atoms with Gasteiger partial charge in [0.1, 0.15) is 11.9 Å². The smallest absolute Gasteiger partial charge is 0.276 e. The highest BCUT2D eigenvalue weighted by molar-refractivity contribution is 6.08. The molecule has 186 valence electrons. The van der Waals surface area contributed by atoms with Crippen LogP contribution >= 0.6 is 0 Å². The Labute approximate surface area is 208 Å². The third-order valence-corrected chi connectivity index (χ3v) is 6.80. The number of carbonyl (C=O) groups excluding carboxylic acids is 2. The minimum absolute atomic E-state index is 0.0702. The molecule has 1 fully saturated rings. The van der Waals surface area contributed by atoms with Crippen LogP contribution in [0.3, 0.4) is 0 Å². The topological polar surface area (TPSA) is 101 Å². The van der Waals surface area contributed by atoms with E-state index in [2.05, 4.69) is 20.2 Å². The van der Waals surface area contributed by atoms with E-state index in [0.29, 0.717) is 41.9 Å². The van der Waals surface area contributed by atoms with E-state index in [1.807, 2.05) is 25.1 Å². The number of H-pyrrole nitrogens is 1. The van der Waals surface area contributed by atoms with Crippen molar-refractivity contribution >= 4 is 28.4 Å². The van der Waals surface area contributed by atoms with Gasteiger partial charge in [-0.15, -0.1) is 0 Å². The standard InChI is InChI=1S/C27H28FN5O3/c1-16-12-17(10-11-29-16)26-20-13-18(6-8-23(20)31-32-26)27(35)30-19-7-9-25(34)33(14-19)15-21-22(28)4-3-5-24(21)36-2/h6,8,10-13,22H,3-5,7,9,14-15H2,1-2H3,(H,31,32). The monoisotopic (exact) mass is 489 g/mol. The molecule has 0 bridgehead atoms. The highest BCUT2D eigenvalue weighted by Crippen LogP contribution is 2.30. The van der Waals surface area contributed by atoms with Crippen molar-refractivity contribution in [3.8, 4) is 11.3 Å². The Bertz CT molecular complexity index is 1390. The lowest BCUT2D eigenvalue weighted by Crippen LogP contribution is -2.43. The number of rotatable bonds is 5. The molecule has 0 saturated carbocycles. The van der Waals surface area contributed by atoms with Crippen molar-refractivity contribution in [1.29, 1.82) is 0 Å². The third-order valence-electron chi connectivity index (χ3n) is 6.80. The number of aryl methyl sites for hydroxylation is 1. The highest BCUT2D eigenvalue weighted by Gasteiger charge is 2.30. The van der Waals surface area contributed by atoms with Gasteiger partial charge in [-0.3, -0.25) is 19.7 Å². The first-order valence-corrected chi connectivity index (χ1v) is 12.1. The maximum absolute atomic E-state index is 14.6. The molecule has 0 radical (unpaired) electrons. The number of halogens is 1. The first-order chi connectivity index (χ1) is 17.4. The second-order valence-electron chi connectivity index (χ2n) is 9.26. The molecule has 1 N–H and O–H groups in total. The summed E-state index contributed by atoms with van der Waals surface area (Å²) < 4.78 is 20.0. The Kier molecular flexibility index (Phi) is 6.63. The zero-order chi connectivity index (χ0) is 25.2. The summed E-state index contributed by atoms with van der Waals surface area (Å²) in [5.74, 6) is 0.173. The number of allylic oxidation sites excluding steroid dienone is 1. The first kappa shape index (κ1) is 23.8. The molecule has 1 atom stereocenters. The van der Waals surface area contributed by atoms with Crippen molar-refractivity contribution in [3.63, 3.8) is 0 Å². The van der Waals surface area contributed by atoms with Gasteiger partial charge in [-0.25, -0.2) is 9.38 Å². The van der Waals surface area contributed by atoms with Gasteiger partial charge in [0.25, 0.3) is 5.91 Å². The highest BCUT2D eigenvalue weighted by atomic mass is 19.1. The molecule has 3 heterocycles. The van der Waals surface area contributed by atoms with Crippen LogP contribution in [0.4, 0.5) is 4.39 Å². The summed E-state index contributed by atoms with van der Waals surface area (Å²) in [6.07, 6.45) is 3.09. The minimum atomic E-state index is -1.12. The zero-order valence-corrected chi connectivity index (χ0v) is 20.4. The average molecular weight is 490 g/mol. The Morgan fingerprint density at radius 1 is 1.25 bits per heavy atom. The average Bonchev–Trinajstić information content (AvgIpc) is 3.30. The van der Waals surface area contributed by atoms with Crippen LogP contribution in [0, 0.1) is 6.92 Å². The lowest BCUT2D eigenvalue weighted by atomic mass is 9.94. The maximum atomic E-state index is 14.6. The second kappa shape index (κ2) is 10.0. The Morgan fingerprint density at radius 3 is 2.92 bits per heavy atom. The van der Waals surface area contributed by atoms with E-state index in [9.17, 15) is 14.0 Å². The molecule has 2 aromatic heterocycles. The van der Waals surface area contributed by atoms with E-state index in [-0.39, 0.29) is 31.3 Å². The number of nitrogens with one attached hydrogen (secondary N) is 1. The van der Waals surface area contributed by atoms with Crippen LogP contribution in [0.5, 0.6) is 0 Å². The molecule has 36 heavy (non-hydrogen) atoms. The number of likely N-dealkylation sites (tertiary alicyclic amines) is 1. The van der Waals surface area contributed by atoms with Crippen molar-refractivity contribution < 1.29 is 18.7 Å². The zero-order valence-electron chi connectivity index (χ0n) is 20.4. The number of amides is 2. The molecule has 2 amide bonds. The van der Waals surface area contributed by atoms with E-state index < -0.39 is 6.17 Å². The third kappa shape index (κ3) is 4.78. The van der Waals surface area contributed by atoms with E-state index in [1.165, 1.54) is 7.11 Å². The van der Waals surface area contributed by atoms with Crippen LogP contribution in [0.25, 0.3) is 22.2 Å². The van der Waals surface area contributed by atoms with Crippen molar-refractivity contribution in [2.45, 2.75) is 45.2 Å². The fourth-order valence-electron chi connectivity index (χ4n) is 4.88. The lowest BCUT2D eigenvalue weighted by molar-refractivity contribution is -0.130. The largest absolute Gasteiger partial charge is 0.501 e. The summed E-state index contributed by atoms with van der Waals surface area (Å²) in [5.41, 5.74) is 4.91. The number of pyridine rings is 1. The minimum Gasteiger partial charge on any atom is -0.501 e. The van der Waals surface area contributed by atoms with Crippen molar-refractivity contribution in [3.05, 3.63) is 59.1 Å². The molecule has 1 aliphatic carbocycles. The Hall–Kier alpha value is -3.88. The molecule has 5 rings (SSSR count). The predicted octanol–water partition coefficient (Wildman–Crippen LogP) is 4.56. The van der Waals surface area contributed by atoms with Gasteiger partial charge in [0, 0.05) is 59.1 Å². The number of piperidine rings is 1. The maximum Gasteiger partial charge on any atom is 0.276 e. The van der Waals surface area contributed by atoms with Gasteiger partial charge in [0.2, 0.25) is 5.91 Å². The summed E-state index contributed by atoms with van der Waals surface area (Å²) in [4.78, 5) is 35.8. The summed E-state index contributed by atoms with van der Waals surface area (Å²) in [6.45, 7) is 2.27. The normalized spacial score (nSPS) is 19.9. The van der Waals surface area contributed by atoms with Gasteiger partial charge < -0.3 is 9.64 Å². The van der Waals surface area contributed by atoms with E-state index in [1.54, 1.807) is 23.2 Å². The number of fused-ring (bicyclic) bond motifs is 1. The Balaban J connectivity index is 1.38. The molecular weight excluding hydrogens is 461 g/mol. The van der Waals surface area contributed by atoms with Gasteiger partial charge in [-0.1, -0.05) is 0 Å². The summed E-state index contributed by atoms with van der Waals surface area (Å²) in [7, 11) is 1.54. The number of alkyl halides is 1. The number of benzene rings is 1. The molecule has 8 nitrogen and oxygen atoms in total. The van der Waals surface area contributed by atoms with Crippen LogP contribution in [0.2, 0.25) is 0 Å². The van der Waals surface area contributed by atoms with Crippen molar-refractivity contribution in [2.24, 2.45) is 4.99 Å². The van der Waals surface area contributed by atoms with E-state index >= 15 is 0 Å². The molecule has 2 aliphatic rings. The number of methoxy groups -OCH3 is 1. The number of hydrogen-bond acceptors (Lipinski definition) is 5. The number of ether oxygens (including phenoxy) is 1. The van der Waals surface area contributed by atoms with Gasteiger partial charge >= 0.3 is 0 Å². The SMILES string of the molecule is COC1=C(CN2CC(=NC(=O)c3ccc4[nH]nc(-c5ccnc(C)c5)c4c3)CCC2=O)C(F)CCC1. The number of aliphatic imine (C=N–C) groups is 1. The fourth-order valence-corrected chi connectivity index (χ4v) is 4.88.